The molecule has 0 aromatic heterocycles. The highest BCUT2D eigenvalue weighted by Gasteiger charge is 2.14. The highest BCUT2D eigenvalue weighted by Crippen LogP contribution is 2.15. The molecule has 0 heterocycles. The Balaban J connectivity index is -0.000000839. The van der Waals surface area contributed by atoms with Crippen LogP contribution in [0.4, 0.5) is 0 Å². The van der Waals surface area contributed by atoms with Crippen LogP contribution in [-0.2, 0) is 9.59 Å². The average molecular weight is 853 g/mol. The molecule has 0 radical (unpaired) electrons. The van der Waals surface area contributed by atoms with Crippen LogP contribution in [0, 0.1) is 0 Å². The predicted molar refractivity (Wildman–Crippen MR) is 261 cm³/mol. The van der Waals surface area contributed by atoms with Gasteiger partial charge in [-0.1, -0.05) is 207 Å². The van der Waals surface area contributed by atoms with Gasteiger partial charge >= 0.3 is 0 Å². The zero-order chi connectivity index (χ0) is 45.3. The molecule has 0 aliphatic heterocycles. The minimum absolute atomic E-state index is 0.124. The molecular weight excluding hydrogens is 741 g/mol. The molecule has 6 heteroatoms. The molecule has 0 aliphatic rings. The molecule has 0 aromatic rings. The Morgan fingerprint density at radius 3 is 0.583 bits per heavy atom. The quantitative estimate of drug-likeness (QED) is 0.0451. The van der Waals surface area contributed by atoms with Gasteiger partial charge < -0.3 is 28.8 Å². The Hall–Kier alpha value is -1.14. The highest BCUT2D eigenvalue weighted by molar-refractivity contribution is 5.64. The largest absolute Gasteiger partial charge is 0.550 e. The normalized spacial score (nSPS) is 11.5. The molecule has 60 heavy (non-hydrogen) atoms. The van der Waals surface area contributed by atoms with Crippen molar-refractivity contribution in [1.82, 2.24) is 0 Å². The molecule has 0 aliphatic carbocycles. The van der Waals surface area contributed by atoms with Gasteiger partial charge in [0.1, 0.15) is 0 Å². The molecule has 0 N–H and O–H groups in total. The van der Waals surface area contributed by atoms with Crippen molar-refractivity contribution in [2.75, 3.05) is 54.4 Å². The van der Waals surface area contributed by atoms with Crippen LogP contribution >= 0.6 is 0 Å². The summed E-state index contributed by atoms with van der Waals surface area (Å²) in [5.41, 5.74) is 0. The van der Waals surface area contributed by atoms with E-state index in [-0.39, 0.29) is 12.8 Å². The van der Waals surface area contributed by atoms with Crippen molar-refractivity contribution in [3.05, 3.63) is 0 Å². The lowest BCUT2D eigenvalue weighted by molar-refractivity contribution is -0.890. The van der Waals surface area contributed by atoms with Crippen LogP contribution in [0.3, 0.4) is 0 Å². The number of carboxylic acid groups (broad SMARTS) is 2. The van der Waals surface area contributed by atoms with Gasteiger partial charge in [0.05, 0.1) is 54.4 Å². The molecule has 6 nitrogen and oxygen atoms in total. The summed E-state index contributed by atoms with van der Waals surface area (Å²) >= 11 is 0. The van der Waals surface area contributed by atoms with Crippen LogP contribution in [0.1, 0.15) is 285 Å². The molecule has 0 unspecified atom stereocenters. The first-order chi connectivity index (χ1) is 28.9. The van der Waals surface area contributed by atoms with E-state index in [1.54, 1.807) is 0 Å². The maximum Gasteiger partial charge on any atom is 0.0782 e. The van der Waals surface area contributed by atoms with E-state index in [1.165, 1.54) is 241 Å². The van der Waals surface area contributed by atoms with Crippen molar-refractivity contribution in [2.24, 2.45) is 0 Å². The van der Waals surface area contributed by atoms with Gasteiger partial charge in [0.2, 0.25) is 0 Å². The van der Waals surface area contributed by atoms with Gasteiger partial charge in [0.25, 0.3) is 0 Å². The van der Waals surface area contributed by atoms with Gasteiger partial charge in [-0.3, -0.25) is 0 Å². The van der Waals surface area contributed by atoms with Crippen molar-refractivity contribution in [1.29, 1.82) is 0 Å². The number of rotatable bonds is 45. The van der Waals surface area contributed by atoms with E-state index in [2.05, 4.69) is 55.9 Å². The second-order valence-electron chi connectivity index (χ2n) is 20.0. The molecule has 362 valence electrons. The number of aliphatic carboxylic acids is 2. The van der Waals surface area contributed by atoms with E-state index in [1.807, 2.05) is 0 Å². The summed E-state index contributed by atoms with van der Waals surface area (Å²) in [7, 11) is 9.73. The number of hydrogen-bond acceptors (Lipinski definition) is 4. The van der Waals surface area contributed by atoms with Crippen molar-refractivity contribution in [3.63, 3.8) is 0 Å². The number of nitrogens with zero attached hydrogens (tertiary/aromatic N) is 2. The van der Waals surface area contributed by atoms with Gasteiger partial charge in [-0.25, -0.2) is 0 Å². The molecule has 0 spiro atoms. The molecule has 0 atom stereocenters. The number of carboxylic acids is 2. The summed E-state index contributed by atoms with van der Waals surface area (Å²) in [5, 5.41) is 20.1. The molecule has 0 saturated carbocycles. The third-order valence-electron chi connectivity index (χ3n) is 12.5. The molecule has 0 bridgehead atoms. The van der Waals surface area contributed by atoms with Gasteiger partial charge in [-0.05, 0) is 77.0 Å². The van der Waals surface area contributed by atoms with Gasteiger partial charge in [-0.15, -0.1) is 0 Å². The van der Waals surface area contributed by atoms with Gasteiger partial charge in [-0.2, -0.15) is 0 Å². The van der Waals surface area contributed by atoms with Gasteiger partial charge in [0, 0.05) is 11.9 Å². The molecule has 0 fully saturated rings. The smallest absolute Gasteiger partial charge is 0.0782 e. The fourth-order valence-corrected chi connectivity index (χ4v) is 8.16. The SMILES string of the molecule is CCCCCCCCCC[N+](C)(C)CCCCCCCCCC.CCCCCCCCCC[N+](C)(C)CCCCCCCCCC.O=C([O-])CCCCCCCCC(=O)[O-]. The second kappa shape index (κ2) is 50.5. The van der Waals surface area contributed by atoms with Crippen molar-refractivity contribution < 1.29 is 28.8 Å². The predicted octanol–water partition coefficient (Wildman–Crippen LogP) is 14.3. The highest BCUT2D eigenvalue weighted by atomic mass is 16.4. The lowest BCUT2D eigenvalue weighted by Crippen LogP contribution is -2.41. The Morgan fingerprint density at radius 2 is 0.417 bits per heavy atom. The van der Waals surface area contributed by atoms with Crippen LogP contribution < -0.4 is 10.2 Å². The van der Waals surface area contributed by atoms with Gasteiger partial charge in [0.15, 0.2) is 0 Å². The number of carbonyl (C=O) groups excluding carboxylic acids is 2. The number of quaternary nitrogens is 2. The van der Waals surface area contributed by atoms with Crippen LogP contribution in [0.15, 0.2) is 0 Å². The average Bonchev–Trinajstić information content (AvgIpc) is 3.20. The minimum atomic E-state index is -0.998. The Bertz CT molecular complexity index is 734. The van der Waals surface area contributed by atoms with Crippen molar-refractivity contribution >= 4 is 11.9 Å². The first kappa shape index (κ1) is 63.2. The molecule has 0 aromatic carbocycles. The fraction of sp³-hybridized carbons (Fsp3) is 0.963. The molecule has 0 rings (SSSR count). The van der Waals surface area contributed by atoms with Crippen molar-refractivity contribution in [3.8, 4) is 0 Å². The summed E-state index contributed by atoms with van der Waals surface area (Å²) in [6.07, 6.45) is 51.3. The van der Waals surface area contributed by atoms with E-state index in [0.29, 0.717) is 12.8 Å². The maximum atomic E-state index is 10.0. The van der Waals surface area contributed by atoms with E-state index in [4.69, 9.17) is 0 Å². The number of unbranched alkanes of at least 4 members (excludes halogenated alkanes) is 33. The van der Waals surface area contributed by atoms with Crippen molar-refractivity contribution in [2.45, 2.75) is 285 Å². The minimum Gasteiger partial charge on any atom is -0.550 e. The lowest BCUT2D eigenvalue weighted by atomic mass is 10.1. The topological polar surface area (TPSA) is 80.3 Å². The van der Waals surface area contributed by atoms with Crippen LogP contribution in [0.2, 0.25) is 0 Å². The maximum absolute atomic E-state index is 10.0. The monoisotopic (exact) mass is 853 g/mol. The Labute approximate surface area is 378 Å². The summed E-state index contributed by atoms with van der Waals surface area (Å²) in [5.74, 6) is -2.00. The van der Waals surface area contributed by atoms with E-state index >= 15 is 0 Å². The number of hydrogen-bond donors (Lipinski definition) is 0. The third kappa shape index (κ3) is 61.2. The number of carbonyl (C=O) groups is 2. The Kier molecular flexibility index (Phi) is 53.2. The Morgan fingerprint density at radius 1 is 0.267 bits per heavy atom. The lowest BCUT2D eigenvalue weighted by Gasteiger charge is -2.30. The standard InChI is InChI=1S/2C22H48N.C10H18O4/c2*1-5-7-9-11-13-15-17-19-21-23(3,4)22-20-18-16-14-12-10-8-6-2;11-9(12)7-5-3-1-2-4-6-8-10(13)14/h2*5-22H2,1-4H3;1-8H2,(H,11,12)(H,13,14)/q2*+1;/p-2. The zero-order valence-corrected chi connectivity index (χ0v) is 42.6. The second-order valence-corrected chi connectivity index (χ2v) is 20.0. The third-order valence-corrected chi connectivity index (χ3v) is 12.5. The first-order valence-corrected chi connectivity index (χ1v) is 26.9. The zero-order valence-electron chi connectivity index (χ0n) is 42.6. The van der Waals surface area contributed by atoms with Crippen LogP contribution in [-0.4, -0.2) is 75.3 Å². The van der Waals surface area contributed by atoms with E-state index in [9.17, 15) is 19.8 Å². The fourth-order valence-electron chi connectivity index (χ4n) is 8.16. The van der Waals surface area contributed by atoms with Crippen LogP contribution in [0.25, 0.3) is 0 Å². The summed E-state index contributed by atoms with van der Waals surface area (Å²) in [4.78, 5) is 20.1. The molecular formula is C54H112N2O4. The molecule has 0 saturated heterocycles. The summed E-state index contributed by atoms with van der Waals surface area (Å²) in [6, 6.07) is 0. The molecule has 0 amide bonds. The van der Waals surface area contributed by atoms with Crippen LogP contribution in [0.5, 0.6) is 0 Å². The van der Waals surface area contributed by atoms with E-state index < -0.39 is 11.9 Å². The van der Waals surface area contributed by atoms with E-state index in [0.717, 1.165) is 25.7 Å². The first-order valence-electron chi connectivity index (χ1n) is 26.9. The summed E-state index contributed by atoms with van der Waals surface area (Å²) < 4.78 is 2.48. The summed E-state index contributed by atoms with van der Waals surface area (Å²) in [6.45, 7) is 14.7.